The summed E-state index contributed by atoms with van der Waals surface area (Å²) >= 11 is 0. The minimum Gasteiger partial charge on any atom is -0.478 e. The number of carbonyl (C=O) groups is 2. The number of nitrogens with two attached hydrogens (primary N) is 1. The number of aromatic carboxylic acids is 1. The number of anilines is 2. The number of halogens is 1. The summed E-state index contributed by atoms with van der Waals surface area (Å²) in [6, 6.07) is 14.9. The number of nitrogens with one attached hydrogen (secondary N) is 1. The van der Waals surface area contributed by atoms with Crippen molar-refractivity contribution in [3.63, 3.8) is 0 Å². The van der Waals surface area contributed by atoms with Crippen LogP contribution < -0.4 is 15.8 Å². The number of likely N-dealkylation sites (tertiary alicyclic amines) is 1. The SMILES string of the molecule is Cc1ccccc1NC(C(=O)C(F)(Oc1ccc(C(=O)O)cc1N)N1CCCC1)c1ccc2ncoc2c1. The molecule has 2 heterocycles. The highest BCUT2D eigenvalue weighted by Crippen LogP contribution is 2.37. The number of carboxylic acid groups (broad SMARTS) is 1. The largest absolute Gasteiger partial charge is 0.478 e. The van der Waals surface area contributed by atoms with Crippen LogP contribution in [0.5, 0.6) is 5.75 Å². The highest BCUT2D eigenvalue weighted by atomic mass is 19.2. The molecule has 3 aromatic carbocycles. The van der Waals surface area contributed by atoms with E-state index in [0.29, 0.717) is 48.3 Å². The number of rotatable bonds is 9. The summed E-state index contributed by atoms with van der Waals surface area (Å²) in [5.41, 5.74) is 8.89. The molecule has 9 nitrogen and oxygen atoms in total. The summed E-state index contributed by atoms with van der Waals surface area (Å²) in [6.45, 7) is 2.48. The molecule has 0 saturated carbocycles. The summed E-state index contributed by atoms with van der Waals surface area (Å²) in [4.78, 5) is 31.1. The molecule has 1 saturated heterocycles. The number of ether oxygens (including phenoxy) is 1. The second-order valence-corrected chi connectivity index (χ2v) is 9.25. The Balaban J connectivity index is 1.58. The Bertz CT molecular complexity index is 1500. The molecule has 2 unspecified atom stereocenters. The first-order chi connectivity index (χ1) is 18.3. The topological polar surface area (TPSA) is 131 Å². The van der Waals surface area contributed by atoms with E-state index >= 15 is 4.39 Å². The maximum Gasteiger partial charge on any atom is 0.374 e. The molecule has 4 aromatic rings. The molecule has 1 aromatic heterocycles. The van der Waals surface area contributed by atoms with Crippen LogP contribution in [0.25, 0.3) is 11.1 Å². The number of oxazole rings is 1. The van der Waals surface area contributed by atoms with Gasteiger partial charge in [-0.3, -0.25) is 4.79 Å². The monoisotopic (exact) mass is 518 g/mol. The lowest BCUT2D eigenvalue weighted by Gasteiger charge is -2.36. The van der Waals surface area contributed by atoms with Crippen LogP contribution in [0, 0.1) is 6.92 Å². The maximum absolute atomic E-state index is 17.1. The molecule has 1 fully saturated rings. The lowest BCUT2D eigenvalue weighted by molar-refractivity contribution is -0.192. The Labute approximate surface area is 218 Å². The third kappa shape index (κ3) is 4.78. The molecule has 2 atom stereocenters. The lowest BCUT2D eigenvalue weighted by Crippen LogP contribution is -2.57. The predicted molar refractivity (Wildman–Crippen MR) is 140 cm³/mol. The van der Waals surface area contributed by atoms with Gasteiger partial charge in [-0.15, -0.1) is 0 Å². The molecule has 4 N–H and O–H groups in total. The molecule has 38 heavy (non-hydrogen) atoms. The minimum atomic E-state index is -2.90. The molecule has 0 amide bonds. The highest BCUT2D eigenvalue weighted by Gasteiger charge is 2.52. The van der Waals surface area contributed by atoms with Crippen molar-refractivity contribution >= 4 is 34.2 Å². The van der Waals surface area contributed by atoms with Crippen molar-refractivity contribution in [2.45, 2.75) is 31.8 Å². The van der Waals surface area contributed by atoms with Gasteiger partial charge in [0.25, 0.3) is 5.78 Å². The van der Waals surface area contributed by atoms with E-state index in [-0.39, 0.29) is 17.0 Å². The standard InChI is InChI=1S/C28H27FN4O5/c1-17-6-2-3-7-21(17)32-25(18-8-10-22-24(15-18)37-16-31-22)26(34)28(29,33-12-4-5-13-33)38-23-11-9-19(27(35)36)14-20(23)30/h2-3,6-11,14-16,25,32H,4-5,12-13,30H2,1H3,(H,35,36). The fourth-order valence-corrected chi connectivity index (χ4v) is 4.62. The van der Waals surface area contributed by atoms with E-state index in [9.17, 15) is 14.7 Å². The number of benzene rings is 3. The number of hydrogen-bond acceptors (Lipinski definition) is 8. The highest BCUT2D eigenvalue weighted by molar-refractivity contribution is 5.95. The van der Waals surface area contributed by atoms with E-state index in [2.05, 4.69) is 10.3 Å². The predicted octanol–water partition coefficient (Wildman–Crippen LogP) is 4.94. The van der Waals surface area contributed by atoms with Crippen LogP contribution in [0.3, 0.4) is 0 Å². The molecule has 0 spiro atoms. The molecule has 0 radical (unpaired) electrons. The van der Waals surface area contributed by atoms with Crippen molar-refractivity contribution in [3.8, 4) is 5.75 Å². The van der Waals surface area contributed by atoms with Gasteiger partial charge in [0.2, 0.25) is 0 Å². The van der Waals surface area contributed by atoms with Gasteiger partial charge in [-0.25, -0.2) is 14.7 Å². The summed E-state index contributed by atoms with van der Waals surface area (Å²) in [6.07, 6.45) is 2.68. The van der Waals surface area contributed by atoms with Gasteiger partial charge < -0.3 is 25.3 Å². The zero-order chi connectivity index (χ0) is 26.9. The molecule has 196 valence electrons. The number of aryl methyl sites for hydroxylation is 1. The number of hydrogen-bond donors (Lipinski definition) is 3. The number of fused-ring (bicyclic) bond motifs is 1. The molecular formula is C28H27FN4O5. The summed E-state index contributed by atoms with van der Waals surface area (Å²) in [7, 11) is 0. The second-order valence-electron chi connectivity index (χ2n) is 9.25. The minimum absolute atomic E-state index is 0.0775. The number of nitrogen functional groups attached to an aromatic ring is 1. The molecule has 0 aliphatic carbocycles. The van der Waals surface area contributed by atoms with E-state index in [1.807, 2.05) is 31.2 Å². The number of Topliss-reactive ketones (excluding diaryl/α,β-unsaturated/α-hetero) is 1. The average Bonchev–Trinajstić information content (AvgIpc) is 3.61. The van der Waals surface area contributed by atoms with Crippen LogP contribution in [0.4, 0.5) is 15.8 Å². The van der Waals surface area contributed by atoms with Gasteiger partial charge in [0.05, 0.1) is 11.3 Å². The van der Waals surface area contributed by atoms with Crippen LogP contribution in [0.15, 0.2) is 71.5 Å². The summed E-state index contributed by atoms with van der Waals surface area (Å²) in [5, 5.41) is 12.5. The van der Waals surface area contributed by atoms with Crippen LogP contribution in [-0.4, -0.2) is 45.8 Å². The van der Waals surface area contributed by atoms with E-state index in [1.165, 1.54) is 29.5 Å². The molecule has 1 aliphatic rings. The van der Waals surface area contributed by atoms with E-state index in [1.54, 1.807) is 18.2 Å². The molecule has 0 bridgehead atoms. The zero-order valence-electron chi connectivity index (χ0n) is 20.7. The Morgan fingerprint density at radius 1 is 1.16 bits per heavy atom. The summed E-state index contributed by atoms with van der Waals surface area (Å²) < 4.78 is 28.3. The molecule has 10 heteroatoms. The fraction of sp³-hybridized carbons (Fsp3) is 0.250. The first-order valence-corrected chi connectivity index (χ1v) is 12.2. The van der Waals surface area contributed by atoms with Crippen molar-refractivity contribution in [1.82, 2.24) is 9.88 Å². The smallest absolute Gasteiger partial charge is 0.374 e. The van der Waals surface area contributed by atoms with Crippen molar-refractivity contribution < 1.29 is 28.2 Å². The van der Waals surface area contributed by atoms with E-state index in [4.69, 9.17) is 14.9 Å². The number of carbonyl (C=O) groups excluding carboxylic acids is 1. The van der Waals surface area contributed by atoms with Gasteiger partial charge >= 0.3 is 11.9 Å². The third-order valence-corrected chi connectivity index (χ3v) is 6.71. The quantitative estimate of drug-likeness (QED) is 0.208. The third-order valence-electron chi connectivity index (χ3n) is 6.71. The van der Waals surface area contributed by atoms with Crippen molar-refractivity contribution in [2.24, 2.45) is 0 Å². The van der Waals surface area contributed by atoms with Crippen LogP contribution in [0.1, 0.15) is 40.4 Å². The van der Waals surface area contributed by atoms with Gasteiger partial charge in [0.1, 0.15) is 17.3 Å². The second kappa shape index (κ2) is 10.1. The Hall–Kier alpha value is -4.44. The molecular weight excluding hydrogens is 491 g/mol. The number of ketones is 1. The van der Waals surface area contributed by atoms with Crippen molar-refractivity contribution in [2.75, 3.05) is 24.1 Å². The van der Waals surface area contributed by atoms with Gasteiger partial charge in [0, 0.05) is 18.8 Å². The first kappa shape index (κ1) is 25.2. The normalized spacial score (nSPS) is 16.2. The fourth-order valence-electron chi connectivity index (χ4n) is 4.62. The van der Waals surface area contributed by atoms with Gasteiger partial charge in [-0.05, 0) is 67.3 Å². The van der Waals surface area contributed by atoms with Crippen molar-refractivity contribution in [3.05, 3.63) is 83.7 Å². The number of alkyl halides is 1. The van der Waals surface area contributed by atoms with Crippen LogP contribution in [0.2, 0.25) is 0 Å². The maximum atomic E-state index is 17.1. The Morgan fingerprint density at radius 3 is 2.63 bits per heavy atom. The van der Waals surface area contributed by atoms with Gasteiger partial charge in [-0.2, -0.15) is 4.39 Å². The van der Waals surface area contributed by atoms with E-state index in [0.717, 1.165) is 5.56 Å². The molecule has 1 aliphatic heterocycles. The lowest BCUT2D eigenvalue weighted by atomic mass is 9.98. The number of nitrogens with zero attached hydrogens (tertiary/aromatic N) is 2. The van der Waals surface area contributed by atoms with Crippen LogP contribution in [-0.2, 0) is 4.79 Å². The molecule has 5 rings (SSSR count). The number of carboxylic acids is 1. The van der Waals surface area contributed by atoms with E-state index < -0.39 is 23.8 Å². The first-order valence-electron chi connectivity index (χ1n) is 12.2. The number of para-hydroxylation sites is 1. The number of aromatic nitrogens is 1. The average molecular weight is 519 g/mol. The van der Waals surface area contributed by atoms with Gasteiger partial charge in [-0.1, -0.05) is 24.3 Å². The van der Waals surface area contributed by atoms with Crippen LogP contribution >= 0.6 is 0 Å². The Morgan fingerprint density at radius 2 is 1.92 bits per heavy atom. The Kier molecular flexibility index (Phi) is 6.73. The van der Waals surface area contributed by atoms with Crippen molar-refractivity contribution in [1.29, 1.82) is 0 Å². The summed E-state index contributed by atoms with van der Waals surface area (Å²) in [5.74, 6) is -5.09. The zero-order valence-corrected chi connectivity index (χ0v) is 20.7. The van der Waals surface area contributed by atoms with Gasteiger partial charge in [0.15, 0.2) is 12.0 Å².